The van der Waals surface area contributed by atoms with E-state index in [-0.39, 0.29) is 12.3 Å². The Kier molecular flexibility index (Phi) is 2.96. The number of amides is 2. The largest absolute Gasteiger partial charge is 0.346 e. The van der Waals surface area contributed by atoms with Gasteiger partial charge in [-0.25, -0.2) is 9.63 Å². The minimum atomic E-state index is -0.184. The first-order chi connectivity index (χ1) is 8.75. The first kappa shape index (κ1) is 11.5. The minimum absolute atomic E-state index is 0.00963. The summed E-state index contributed by atoms with van der Waals surface area (Å²) in [5.41, 5.74) is 1.04. The van der Waals surface area contributed by atoms with Crippen molar-refractivity contribution in [1.29, 1.82) is 0 Å². The standard InChI is InChI=1S/C14H18N2O2/c1-11-6-5-9-15(10-11)14(17)16-13(18-16)12-7-3-2-4-8-12/h2-4,7-8,11,13H,5-6,9-10H2,1H3. The number of hydrogen-bond donors (Lipinski definition) is 0. The Morgan fingerprint density at radius 2 is 2.11 bits per heavy atom. The highest BCUT2D eigenvalue weighted by atomic mass is 16.8. The average Bonchev–Trinajstić information content (AvgIpc) is 3.19. The lowest BCUT2D eigenvalue weighted by molar-refractivity contribution is 0.120. The zero-order valence-electron chi connectivity index (χ0n) is 10.6. The molecule has 1 aromatic rings. The third-order valence-corrected chi connectivity index (χ3v) is 3.58. The quantitative estimate of drug-likeness (QED) is 0.714. The molecule has 0 saturated carbocycles. The fourth-order valence-corrected chi connectivity index (χ4v) is 2.54. The number of carbonyl (C=O) groups excluding carboxylic acids is 1. The summed E-state index contributed by atoms with van der Waals surface area (Å²) in [5.74, 6) is 0.595. The molecule has 4 heteroatoms. The Morgan fingerprint density at radius 3 is 2.83 bits per heavy atom. The zero-order chi connectivity index (χ0) is 12.5. The van der Waals surface area contributed by atoms with Gasteiger partial charge in [0, 0.05) is 18.7 Å². The van der Waals surface area contributed by atoms with Crippen molar-refractivity contribution in [3.8, 4) is 0 Å². The van der Waals surface area contributed by atoms with Gasteiger partial charge in [0.2, 0.25) is 6.23 Å². The van der Waals surface area contributed by atoms with Crippen LogP contribution >= 0.6 is 0 Å². The van der Waals surface area contributed by atoms with Gasteiger partial charge < -0.3 is 4.90 Å². The topological polar surface area (TPSA) is 35.9 Å². The molecule has 0 radical (unpaired) electrons. The van der Waals surface area contributed by atoms with Gasteiger partial charge >= 0.3 is 6.03 Å². The van der Waals surface area contributed by atoms with E-state index in [0.29, 0.717) is 5.92 Å². The summed E-state index contributed by atoms with van der Waals surface area (Å²) in [4.78, 5) is 19.5. The molecule has 2 heterocycles. The van der Waals surface area contributed by atoms with E-state index in [4.69, 9.17) is 4.84 Å². The molecule has 0 N–H and O–H groups in total. The van der Waals surface area contributed by atoms with E-state index in [9.17, 15) is 4.79 Å². The average molecular weight is 246 g/mol. The second-order valence-electron chi connectivity index (χ2n) is 5.17. The molecule has 0 bridgehead atoms. The van der Waals surface area contributed by atoms with Crippen molar-refractivity contribution in [3.63, 3.8) is 0 Å². The van der Waals surface area contributed by atoms with Crippen LogP contribution in [0.5, 0.6) is 0 Å². The molecule has 4 nitrogen and oxygen atoms in total. The summed E-state index contributed by atoms with van der Waals surface area (Å²) < 4.78 is 0. The van der Waals surface area contributed by atoms with Crippen molar-refractivity contribution < 1.29 is 9.63 Å². The van der Waals surface area contributed by atoms with E-state index in [0.717, 1.165) is 25.1 Å². The van der Waals surface area contributed by atoms with Crippen molar-refractivity contribution in [2.75, 3.05) is 13.1 Å². The highest BCUT2D eigenvalue weighted by Gasteiger charge is 2.45. The summed E-state index contributed by atoms with van der Waals surface area (Å²) in [7, 11) is 0. The molecule has 2 amide bonds. The Labute approximate surface area is 107 Å². The number of carbonyl (C=O) groups is 1. The summed E-state index contributed by atoms with van der Waals surface area (Å²) in [5, 5.41) is 1.48. The van der Waals surface area contributed by atoms with Crippen LogP contribution in [0.4, 0.5) is 4.79 Å². The molecule has 0 aliphatic carbocycles. The lowest BCUT2D eigenvalue weighted by Gasteiger charge is -2.30. The number of urea groups is 1. The van der Waals surface area contributed by atoms with Crippen molar-refractivity contribution in [2.45, 2.75) is 26.0 Å². The molecule has 2 aliphatic heterocycles. The Balaban J connectivity index is 1.62. The maximum Gasteiger partial charge on any atom is 0.346 e. The minimum Gasteiger partial charge on any atom is -0.323 e. The number of likely N-dealkylation sites (tertiary alicyclic amines) is 1. The molecular formula is C14H18N2O2. The molecule has 0 spiro atoms. The molecule has 0 aromatic heterocycles. The van der Waals surface area contributed by atoms with Crippen LogP contribution in [0.1, 0.15) is 31.6 Å². The van der Waals surface area contributed by atoms with Gasteiger partial charge in [-0.3, -0.25) is 0 Å². The highest BCUT2D eigenvalue weighted by molar-refractivity contribution is 5.75. The predicted octanol–water partition coefficient (Wildman–Crippen LogP) is 2.78. The van der Waals surface area contributed by atoms with Gasteiger partial charge in [0.25, 0.3) is 0 Å². The normalized spacial score (nSPS) is 27.2. The van der Waals surface area contributed by atoms with Crippen LogP contribution in [0.3, 0.4) is 0 Å². The van der Waals surface area contributed by atoms with Crippen molar-refractivity contribution in [2.24, 2.45) is 5.92 Å². The number of benzene rings is 1. The summed E-state index contributed by atoms with van der Waals surface area (Å²) in [6.07, 6.45) is 2.12. The lowest BCUT2D eigenvalue weighted by atomic mass is 10.0. The van der Waals surface area contributed by atoms with Crippen LogP contribution in [0.2, 0.25) is 0 Å². The third-order valence-electron chi connectivity index (χ3n) is 3.58. The molecular weight excluding hydrogens is 228 g/mol. The molecule has 2 saturated heterocycles. The fourth-order valence-electron chi connectivity index (χ4n) is 2.54. The van der Waals surface area contributed by atoms with Crippen molar-refractivity contribution in [3.05, 3.63) is 35.9 Å². The van der Waals surface area contributed by atoms with Crippen LogP contribution < -0.4 is 0 Å². The summed E-state index contributed by atoms with van der Waals surface area (Å²) in [6, 6.07) is 9.86. The van der Waals surface area contributed by atoms with Gasteiger partial charge in [-0.2, -0.15) is 5.06 Å². The summed E-state index contributed by atoms with van der Waals surface area (Å²) >= 11 is 0. The van der Waals surface area contributed by atoms with E-state index in [1.54, 1.807) is 0 Å². The van der Waals surface area contributed by atoms with Gasteiger partial charge in [0.05, 0.1) is 0 Å². The van der Waals surface area contributed by atoms with Crippen LogP contribution in [-0.4, -0.2) is 29.1 Å². The van der Waals surface area contributed by atoms with Crippen LogP contribution in [0.25, 0.3) is 0 Å². The molecule has 2 fully saturated rings. The SMILES string of the molecule is CC1CCCN(C(=O)N2OC2c2ccccc2)C1. The van der Waals surface area contributed by atoms with Gasteiger partial charge in [-0.1, -0.05) is 37.3 Å². The van der Waals surface area contributed by atoms with Gasteiger partial charge in [-0.15, -0.1) is 0 Å². The van der Waals surface area contributed by atoms with Crippen LogP contribution in [0, 0.1) is 5.92 Å². The van der Waals surface area contributed by atoms with Crippen LogP contribution in [-0.2, 0) is 4.84 Å². The number of hydrogen-bond acceptors (Lipinski definition) is 2. The van der Waals surface area contributed by atoms with Gasteiger partial charge in [0.15, 0.2) is 0 Å². The number of piperidine rings is 1. The molecule has 3 rings (SSSR count). The van der Waals surface area contributed by atoms with Gasteiger partial charge in [0.1, 0.15) is 0 Å². The van der Waals surface area contributed by atoms with Crippen molar-refractivity contribution >= 4 is 6.03 Å². The molecule has 2 atom stereocenters. The lowest BCUT2D eigenvalue weighted by Crippen LogP contribution is -2.41. The van der Waals surface area contributed by atoms with E-state index < -0.39 is 0 Å². The number of rotatable bonds is 1. The first-order valence-electron chi connectivity index (χ1n) is 6.55. The summed E-state index contributed by atoms with van der Waals surface area (Å²) in [6.45, 7) is 3.89. The molecule has 2 unspecified atom stereocenters. The number of nitrogens with zero attached hydrogens (tertiary/aromatic N) is 2. The molecule has 1 aromatic carbocycles. The predicted molar refractivity (Wildman–Crippen MR) is 67.5 cm³/mol. The Morgan fingerprint density at radius 1 is 1.33 bits per heavy atom. The highest BCUT2D eigenvalue weighted by Crippen LogP contribution is 2.38. The Hall–Kier alpha value is -1.55. The molecule has 2 aliphatic rings. The van der Waals surface area contributed by atoms with Gasteiger partial charge in [-0.05, 0) is 18.8 Å². The second kappa shape index (κ2) is 4.61. The van der Waals surface area contributed by atoms with Crippen LogP contribution in [0.15, 0.2) is 30.3 Å². The molecule has 18 heavy (non-hydrogen) atoms. The molecule has 96 valence electrons. The maximum absolute atomic E-state index is 12.2. The smallest absolute Gasteiger partial charge is 0.323 e. The van der Waals surface area contributed by atoms with E-state index >= 15 is 0 Å². The van der Waals surface area contributed by atoms with Crippen molar-refractivity contribution in [1.82, 2.24) is 9.96 Å². The third kappa shape index (κ3) is 2.20. The Bertz CT molecular complexity index is 435. The van der Waals surface area contributed by atoms with E-state index in [2.05, 4.69) is 6.92 Å². The number of hydroxylamine groups is 2. The van der Waals surface area contributed by atoms with E-state index in [1.165, 1.54) is 11.5 Å². The van der Waals surface area contributed by atoms with E-state index in [1.807, 2.05) is 35.2 Å². The maximum atomic E-state index is 12.2. The first-order valence-corrected chi connectivity index (χ1v) is 6.55. The second-order valence-corrected chi connectivity index (χ2v) is 5.17. The fraction of sp³-hybridized carbons (Fsp3) is 0.500. The zero-order valence-corrected chi connectivity index (χ0v) is 10.6. The monoisotopic (exact) mass is 246 g/mol.